The van der Waals surface area contributed by atoms with Gasteiger partial charge in [-0.05, 0) is 12.1 Å². The van der Waals surface area contributed by atoms with E-state index in [4.69, 9.17) is 15.4 Å². The monoisotopic (exact) mass is 254 g/mol. The summed E-state index contributed by atoms with van der Waals surface area (Å²) in [5.41, 5.74) is 0. The Balaban J connectivity index is 3.57. The summed E-state index contributed by atoms with van der Waals surface area (Å²) in [5.74, 6) is -1.26. The van der Waals surface area contributed by atoms with Gasteiger partial charge < -0.3 is 9.47 Å². The Kier molecular flexibility index (Phi) is 3.41. The Morgan fingerprint density at radius 1 is 1.20 bits per heavy atom. The lowest BCUT2D eigenvalue weighted by atomic mass is 10.3. The van der Waals surface area contributed by atoms with Crippen molar-refractivity contribution in [2.45, 2.75) is 4.90 Å². The van der Waals surface area contributed by atoms with Crippen molar-refractivity contribution >= 4 is 19.7 Å². The summed E-state index contributed by atoms with van der Waals surface area (Å²) < 4.78 is 44.8. The molecule has 7 heteroatoms. The van der Waals surface area contributed by atoms with Gasteiger partial charge in [-0.1, -0.05) is 0 Å². The molecule has 0 spiro atoms. The van der Waals surface area contributed by atoms with E-state index >= 15 is 0 Å². The van der Waals surface area contributed by atoms with Crippen LogP contribution in [0.5, 0.6) is 11.5 Å². The fraction of sp³-hybridized carbons (Fsp3) is 0.250. The Morgan fingerprint density at radius 2 is 1.73 bits per heavy atom. The van der Waals surface area contributed by atoms with Crippen molar-refractivity contribution in [2.24, 2.45) is 0 Å². The van der Waals surface area contributed by atoms with Crippen LogP contribution in [0.2, 0.25) is 0 Å². The van der Waals surface area contributed by atoms with Crippen LogP contribution in [0.25, 0.3) is 0 Å². The summed E-state index contributed by atoms with van der Waals surface area (Å²) in [7, 11) is 3.54. The highest BCUT2D eigenvalue weighted by atomic mass is 35.7. The average Bonchev–Trinajstić information content (AvgIpc) is 2.15. The molecule has 1 rings (SSSR count). The van der Waals surface area contributed by atoms with E-state index in [9.17, 15) is 12.8 Å². The van der Waals surface area contributed by atoms with Crippen LogP contribution >= 0.6 is 10.7 Å². The molecule has 0 bridgehead atoms. The standard InChI is InChI=1S/C8H8ClFO4S/c1-13-7-5(10)3-4-6(8(7)14-2)15(9,11)12/h3-4H,1-2H3. The van der Waals surface area contributed by atoms with Crippen molar-refractivity contribution in [2.75, 3.05) is 14.2 Å². The lowest BCUT2D eigenvalue weighted by Gasteiger charge is -2.10. The molecule has 15 heavy (non-hydrogen) atoms. The summed E-state index contributed by atoms with van der Waals surface area (Å²) in [6.45, 7) is 0. The van der Waals surface area contributed by atoms with E-state index in [1.54, 1.807) is 0 Å². The topological polar surface area (TPSA) is 52.6 Å². The van der Waals surface area contributed by atoms with Gasteiger partial charge in [-0.3, -0.25) is 0 Å². The third-order valence-corrected chi connectivity index (χ3v) is 3.04. The molecule has 0 saturated carbocycles. The van der Waals surface area contributed by atoms with Gasteiger partial charge in [-0.15, -0.1) is 0 Å². The zero-order chi connectivity index (χ0) is 11.6. The highest BCUT2D eigenvalue weighted by Crippen LogP contribution is 2.37. The van der Waals surface area contributed by atoms with Crippen LogP contribution in [0.4, 0.5) is 4.39 Å². The minimum Gasteiger partial charge on any atom is -0.491 e. The van der Waals surface area contributed by atoms with Gasteiger partial charge in [-0.25, -0.2) is 12.8 Å². The van der Waals surface area contributed by atoms with Gasteiger partial charge in [0.15, 0.2) is 17.3 Å². The number of methoxy groups -OCH3 is 2. The molecular weight excluding hydrogens is 247 g/mol. The molecule has 1 aromatic carbocycles. The third-order valence-electron chi connectivity index (χ3n) is 1.70. The van der Waals surface area contributed by atoms with Crippen LogP contribution in [0, 0.1) is 5.82 Å². The quantitative estimate of drug-likeness (QED) is 0.772. The smallest absolute Gasteiger partial charge is 0.265 e. The van der Waals surface area contributed by atoms with E-state index < -0.39 is 14.9 Å². The number of benzene rings is 1. The van der Waals surface area contributed by atoms with Crippen molar-refractivity contribution in [3.8, 4) is 11.5 Å². The molecule has 4 nitrogen and oxygen atoms in total. The molecule has 0 aliphatic rings. The normalized spacial score (nSPS) is 11.2. The zero-order valence-corrected chi connectivity index (χ0v) is 9.52. The van der Waals surface area contributed by atoms with E-state index in [1.165, 1.54) is 14.2 Å². The first kappa shape index (κ1) is 12.1. The second-order valence-corrected chi connectivity index (χ2v) is 5.08. The third kappa shape index (κ3) is 2.32. The lowest BCUT2D eigenvalue weighted by molar-refractivity contribution is 0.330. The molecule has 0 amide bonds. The first-order valence-electron chi connectivity index (χ1n) is 3.77. The number of hydrogen-bond acceptors (Lipinski definition) is 4. The molecule has 0 saturated heterocycles. The van der Waals surface area contributed by atoms with Gasteiger partial charge in [0, 0.05) is 10.7 Å². The molecule has 0 unspecified atom stereocenters. The van der Waals surface area contributed by atoms with E-state index in [2.05, 4.69) is 4.74 Å². The highest BCUT2D eigenvalue weighted by Gasteiger charge is 2.22. The fourth-order valence-corrected chi connectivity index (χ4v) is 2.09. The second-order valence-electron chi connectivity index (χ2n) is 2.55. The minimum absolute atomic E-state index is 0.243. The van der Waals surface area contributed by atoms with E-state index in [-0.39, 0.29) is 16.4 Å². The molecule has 0 aromatic heterocycles. The van der Waals surface area contributed by atoms with Gasteiger partial charge in [0.25, 0.3) is 9.05 Å². The predicted octanol–water partition coefficient (Wildman–Crippen LogP) is 1.77. The Labute approximate surface area is 91.0 Å². The van der Waals surface area contributed by atoms with E-state index in [0.717, 1.165) is 12.1 Å². The first-order valence-corrected chi connectivity index (χ1v) is 6.08. The lowest BCUT2D eigenvalue weighted by Crippen LogP contribution is -2.00. The minimum atomic E-state index is -3.99. The Hall–Kier alpha value is -1.01. The molecule has 84 valence electrons. The summed E-state index contributed by atoms with van der Waals surface area (Å²) in [5, 5.41) is 0. The summed E-state index contributed by atoms with van der Waals surface area (Å²) in [6.07, 6.45) is 0. The van der Waals surface area contributed by atoms with Gasteiger partial charge in [-0.2, -0.15) is 0 Å². The van der Waals surface area contributed by atoms with Gasteiger partial charge in [0.2, 0.25) is 0 Å². The van der Waals surface area contributed by atoms with Crippen molar-refractivity contribution < 1.29 is 22.3 Å². The maximum absolute atomic E-state index is 13.2. The van der Waals surface area contributed by atoms with Crippen LogP contribution in [0.15, 0.2) is 17.0 Å². The summed E-state index contributed by atoms with van der Waals surface area (Å²) in [4.78, 5) is -0.329. The Bertz CT molecular complexity index is 472. The SMILES string of the molecule is COc1c(F)ccc(S(=O)(=O)Cl)c1OC. The molecule has 0 N–H and O–H groups in total. The summed E-state index contributed by atoms with van der Waals surface area (Å²) >= 11 is 0. The van der Waals surface area contributed by atoms with Crippen LogP contribution in [-0.2, 0) is 9.05 Å². The molecule has 0 atom stereocenters. The van der Waals surface area contributed by atoms with Gasteiger partial charge in [0.05, 0.1) is 14.2 Å². The Morgan fingerprint density at radius 3 is 2.13 bits per heavy atom. The molecule has 0 aliphatic heterocycles. The van der Waals surface area contributed by atoms with E-state index in [1.807, 2.05) is 0 Å². The zero-order valence-electron chi connectivity index (χ0n) is 7.95. The average molecular weight is 255 g/mol. The van der Waals surface area contributed by atoms with Crippen LogP contribution in [0.1, 0.15) is 0 Å². The maximum Gasteiger partial charge on any atom is 0.265 e. The molecule has 0 heterocycles. The number of halogens is 2. The predicted molar refractivity (Wildman–Crippen MR) is 52.5 cm³/mol. The fourth-order valence-electron chi connectivity index (χ4n) is 1.10. The van der Waals surface area contributed by atoms with Crippen molar-refractivity contribution in [1.82, 2.24) is 0 Å². The number of rotatable bonds is 3. The molecule has 0 radical (unpaired) electrons. The number of hydrogen-bond donors (Lipinski definition) is 0. The van der Waals surface area contributed by atoms with Crippen molar-refractivity contribution in [3.63, 3.8) is 0 Å². The van der Waals surface area contributed by atoms with Crippen LogP contribution < -0.4 is 9.47 Å². The van der Waals surface area contributed by atoms with Crippen molar-refractivity contribution in [1.29, 1.82) is 0 Å². The summed E-state index contributed by atoms with van der Waals surface area (Å²) in [6, 6.07) is 1.95. The first-order chi connectivity index (χ1) is 6.91. The molecule has 0 fully saturated rings. The molecule has 1 aromatic rings. The van der Waals surface area contributed by atoms with E-state index in [0.29, 0.717) is 0 Å². The van der Waals surface area contributed by atoms with Crippen LogP contribution in [0.3, 0.4) is 0 Å². The number of ether oxygens (including phenoxy) is 2. The maximum atomic E-state index is 13.2. The molecule has 0 aliphatic carbocycles. The highest BCUT2D eigenvalue weighted by molar-refractivity contribution is 8.13. The largest absolute Gasteiger partial charge is 0.491 e. The second kappa shape index (κ2) is 4.24. The van der Waals surface area contributed by atoms with Crippen LogP contribution in [-0.4, -0.2) is 22.6 Å². The van der Waals surface area contributed by atoms with Crippen molar-refractivity contribution in [3.05, 3.63) is 17.9 Å². The van der Waals surface area contributed by atoms with Gasteiger partial charge >= 0.3 is 0 Å². The molecular formula is C8H8ClFO4S. The van der Waals surface area contributed by atoms with Gasteiger partial charge in [0.1, 0.15) is 4.90 Å².